The first-order valence-electron chi connectivity index (χ1n) is 11.6. The first kappa shape index (κ1) is 26.0. The largest absolute Gasteiger partial charge is 0.448 e. The zero-order valence-electron chi connectivity index (χ0n) is 19.1. The van der Waals surface area contributed by atoms with Crippen molar-refractivity contribution < 1.29 is 18.0 Å². The van der Waals surface area contributed by atoms with Gasteiger partial charge in [-0.2, -0.15) is 0 Å². The van der Waals surface area contributed by atoms with E-state index >= 15 is 0 Å². The molecule has 0 N–H and O–H groups in total. The van der Waals surface area contributed by atoms with Crippen molar-refractivity contribution >= 4 is 20.7 Å². The van der Waals surface area contributed by atoms with Gasteiger partial charge >= 0.3 is 5.04 Å². The van der Waals surface area contributed by atoms with Crippen LogP contribution in [-0.2, 0) is 14.6 Å². The number of ketones is 1. The van der Waals surface area contributed by atoms with Gasteiger partial charge in [0.05, 0.1) is 5.25 Å². The topological polar surface area (TPSA) is 87.6 Å². The molecule has 168 valence electrons. The molecule has 1 aliphatic rings. The minimum atomic E-state index is -3.87. The molecule has 5 nitrogen and oxygen atoms in total. The number of hydrogen-bond acceptors (Lipinski definition) is 3. The van der Waals surface area contributed by atoms with E-state index in [1.165, 1.54) is 64.2 Å². The Labute approximate surface area is 178 Å². The molecule has 0 aromatic rings. The molecule has 0 heterocycles. The number of unbranched alkanes of at least 4 members (excludes halogenated alkanes) is 8. The minimum absolute atomic E-state index is 0.556. The van der Waals surface area contributed by atoms with E-state index in [9.17, 15) is 18.7 Å². The van der Waals surface area contributed by atoms with Gasteiger partial charge in [0.2, 0.25) is 0 Å². The summed E-state index contributed by atoms with van der Waals surface area (Å²) in [6.45, 7) is 7.15. The standard InChI is InChI=1S/C23H42N2O3S/c1-5-6-7-8-9-10-11-12-13-14-19-15-17-20(18-16-19)29(27,28)22(25-24)21(26)23(2,3)4/h19-20H,5-18H2,1-4H3. The molecule has 0 amide bonds. The molecule has 0 radical (unpaired) electrons. The Morgan fingerprint density at radius 3 is 1.83 bits per heavy atom. The van der Waals surface area contributed by atoms with E-state index in [0.29, 0.717) is 18.8 Å². The summed E-state index contributed by atoms with van der Waals surface area (Å²) >= 11 is 0. The van der Waals surface area contributed by atoms with Crippen LogP contribution in [-0.4, -0.2) is 29.3 Å². The molecule has 0 aromatic heterocycles. The van der Waals surface area contributed by atoms with Crippen LogP contribution in [0.5, 0.6) is 0 Å². The zero-order valence-corrected chi connectivity index (χ0v) is 19.9. The van der Waals surface area contributed by atoms with Crippen LogP contribution in [0.2, 0.25) is 0 Å². The maximum atomic E-state index is 12.8. The second-order valence-electron chi connectivity index (χ2n) is 9.79. The van der Waals surface area contributed by atoms with Crippen molar-refractivity contribution in [2.45, 2.75) is 123 Å². The summed E-state index contributed by atoms with van der Waals surface area (Å²) in [7, 11) is -3.87. The highest BCUT2D eigenvalue weighted by Gasteiger charge is 2.46. The highest BCUT2D eigenvalue weighted by Crippen LogP contribution is 2.33. The Morgan fingerprint density at radius 2 is 1.38 bits per heavy atom. The Hall–Kier alpha value is -1.00. The summed E-state index contributed by atoms with van der Waals surface area (Å²) in [5.41, 5.74) is 8.33. The lowest BCUT2D eigenvalue weighted by atomic mass is 9.85. The first-order valence-corrected chi connectivity index (χ1v) is 13.2. The maximum absolute atomic E-state index is 12.8. The van der Waals surface area contributed by atoms with Gasteiger partial charge in [-0.15, -0.1) is 4.79 Å². The molecule has 0 unspecified atom stereocenters. The smallest absolute Gasteiger partial charge is 0.360 e. The Kier molecular flexibility index (Phi) is 11.3. The molecule has 1 rings (SSSR count). The van der Waals surface area contributed by atoms with E-state index < -0.39 is 31.3 Å². The number of carbonyl (C=O) groups excluding carboxylic acids is 1. The van der Waals surface area contributed by atoms with Gasteiger partial charge in [-0.3, -0.25) is 4.79 Å². The summed E-state index contributed by atoms with van der Waals surface area (Å²) in [6.07, 6.45) is 15.9. The number of hydrogen-bond donors (Lipinski definition) is 0. The van der Waals surface area contributed by atoms with Crippen LogP contribution in [0.25, 0.3) is 5.53 Å². The van der Waals surface area contributed by atoms with Crippen molar-refractivity contribution in [3.8, 4) is 0 Å². The fraction of sp³-hybridized carbons (Fsp3) is 0.913. The van der Waals surface area contributed by atoms with E-state index in [0.717, 1.165) is 12.8 Å². The summed E-state index contributed by atoms with van der Waals surface area (Å²) in [5.74, 6) is -0.0318. The van der Waals surface area contributed by atoms with Crippen molar-refractivity contribution in [2.24, 2.45) is 11.3 Å². The summed E-state index contributed by atoms with van der Waals surface area (Å²) in [5, 5.41) is -1.26. The van der Waals surface area contributed by atoms with E-state index in [4.69, 9.17) is 0 Å². The number of sulfone groups is 1. The molecule has 0 saturated heterocycles. The van der Waals surface area contributed by atoms with Gasteiger partial charge in [0.1, 0.15) is 0 Å². The summed E-state index contributed by atoms with van der Waals surface area (Å²) < 4.78 is 25.7. The van der Waals surface area contributed by atoms with Crippen molar-refractivity contribution in [3.05, 3.63) is 5.53 Å². The second kappa shape index (κ2) is 12.6. The van der Waals surface area contributed by atoms with E-state index in [-0.39, 0.29) is 0 Å². The van der Waals surface area contributed by atoms with Crippen molar-refractivity contribution in [2.75, 3.05) is 0 Å². The summed E-state index contributed by atoms with van der Waals surface area (Å²) in [4.78, 5) is 15.3. The summed E-state index contributed by atoms with van der Waals surface area (Å²) in [6, 6.07) is 0. The van der Waals surface area contributed by atoms with E-state index in [2.05, 4.69) is 11.7 Å². The molecule has 1 aliphatic carbocycles. The van der Waals surface area contributed by atoms with Crippen LogP contribution in [0.4, 0.5) is 0 Å². The molecule has 0 spiro atoms. The van der Waals surface area contributed by atoms with Crippen LogP contribution in [0.15, 0.2) is 0 Å². The molecule has 29 heavy (non-hydrogen) atoms. The van der Waals surface area contributed by atoms with Crippen LogP contribution >= 0.6 is 0 Å². The number of rotatable bonds is 12. The van der Waals surface area contributed by atoms with Crippen LogP contribution in [0, 0.1) is 11.3 Å². The lowest BCUT2D eigenvalue weighted by Gasteiger charge is -2.27. The Bertz CT molecular complexity index is 650. The molecule has 0 atom stereocenters. The third-order valence-corrected chi connectivity index (χ3v) is 8.34. The normalized spacial score (nSPS) is 20.3. The lowest BCUT2D eigenvalue weighted by molar-refractivity contribution is -0.123. The van der Waals surface area contributed by atoms with Gasteiger partial charge < -0.3 is 5.53 Å². The third kappa shape index (κ3) is 8.72. The van der Waals surface area contributed by atoms with Crippen molar-refractivity contribution in [3.63, 3.8) is 0 Å². The van der Waals surface area contributed by atoms with Crippen LogP contribution < -0.4 is 0 Å². The van der Waals surface area contributed by atoms with Gasteiger partial charge in [0.25, 0.3) is 15.6 Å². The Morgan fingerprint density at radius 1 is 0.897 bits per heavy atom. The van der Waals surface area contributed by atoms with E-state index in [1.807, 2.05) is 0 Å². The molecule has 1 fully saturated rings. The number of carbonyl (C=O) groups is 1. The zero-order chi connectivity index (χ0) is 21.9. The van der Waals surface area contributed by atoms with Crippen molar-refractivity contribution in [1.29, 1.82) is 0 Å². The molecular formula is C23H42N2O3S. The Balaban J connectivity index is 2.35. The van der Waals surface area contributed by atoms with Crippen LogP contribution in [0.1, 0.15) is 118 Å². The van der Waals surface area contributed by atoms with Crippen LogP contribution in [0.3, 0.4) is 0 Å². The highest BCUT2D eigenvalue weighted by molar-refractivity contribution is 8.08. The SMILES string of the molecule is CCCCCCCCCCCC1CCC(S(=O)(=O)C(=[N+]=[N-])C(=O)C(C)(C)C)CC1. The predicted octanol–water partition coefficient (Wildman–Crippen LogP) is 6.12. The van der Waals surface area contributed by atoms with Gasteiger partial charge in [0, 0.05) is 5.41 Å². The molecule has 0 bridgehead atoms. The minimum Gasteiger partial charge on any atom is -0.360 e. The van der Waals surface area contributed by atoms with Gasteiger partial charge in [-0.25, -0.2) is 8.42 Å². The molecule has 0 aromatic carbocycles. The van der Waals surface area contributed by atoms with E-state index in [1.54, 1.807) is 20.8 Å². The third-order valence-electron chi connectivity index (χ3n) is 6.18. The number of Topliss-reactive ketones (excluding diaryl/α,β-unsaturated/α-hetero) is 1. The van der Waals surface area contributed by atoms with Gasteiger partial charge in [0.15, 0.2) is 0 Å². The predicted molar refractivity (Wildman–Crippen MR) is 120 cm³/mol. The second-order valence-corrected chi connectivity index (χ2v) is 11.9. The quantitative estimate of drug-likeness (QED) is 0.124. The number of nitrogens with zero attached hydrogens (tertiary/aromatic N) is 2. The van der Waals surface area contributed by atoms with Crippen molar-refractivity contribution in [1.82, 2.24) is 0 Å². The lowest BCUT2D eigenvalue weighted by Crippen LogP contribution is -2.41. The fourth-order valence-corrected chi connectivity index (χ4v) is 6.07. The van der Waals surface area contributed by atoms with Gasteiger partial charge in [-0.1, -0.05) is 91.9 Å². The first-order chi connectivity index (χ1) is 13.6. The maximum Gasteiger partial charge on any atom is 0.448 e. The van der Waals surface area contributed by atoms with Gasteiger partial charge in [-0.05, 0) is 31.6 Å². The average molecular weight is 427 g/mol. The molecular weight excluding hydrogens is 384 g/mol. The monoisotopic (exact) mass is 426 g/mol. The highest BCUT2D eigenvalue weighted by atomic mass is 32.2. The fourth-order valence-electron chi connectivity index (χ4n) is 4.18. The average Bonchev–Trinajstić information content (AvgIpc) is 2.66. The molecule has 6 heteroatoms. The molecule has 0 aliphatic heterocycles. The molecule has 1 saturated carbocycles.